The summed E-state index contributed by atoms with van der Waals surface area (Å²) in [6.45, 7) is 1.85. The highest BCUT2D eigenvalue weighted by Crippen LogP contribution is 2.30. The molecule has 0 saturated carbocycles. The van der Waals surface area contributed by atoms with Gasteiger partial charge in [0.1, 0.15) is 5.75 Å². The van der Waals surface area contributed by atoms with E-state index in [1.807, 2.05) is 57.0 Å². The average molecular weight is 273 g/mol. The van der Waals surface area contributed by atoms with Gasteiger partial charge in [-0.2, -0.15) is 15.0 Å². The van der Waals surface area contributed by atoms with E-state index in [0.717, 1.165) is 5.56 Å². The first-order valence-electron chi connectivity index (χ1n) is 6.30. The van der Waals surface area contributed by atoms with Crippen LogP contribution < -0.4 is 9.80 Å². The Morgan fingerprint density at radius 2 is 1.45 bits per heavy atom. The molecule has 0 aliphatic rings. The molecule has 0 bridgehead atoms. The summed E-state index contributed by atoms with van der Waals surface area (Å²) in [5.41, 5.74) is 1.40. The summed E-state index contributed by atoms with van der Waals surface area (Å²) in [6, 6.07) is 5.52. The second-order valence-corrected chi connectivity index (χ2v) is 5.02. The molecule has 20 heavy (non-hydrogen) atoms. The van der Waals surface area contributed by atoms with Crippen LogP contribution in [0.25, 0.3) is 11.4 Å². The summed E-state index contributed by atoms with van der Waals surface area (Å²) in [5, 5.41) is 10.2. The summed E-state index contributed by atoms with van der Waals surface area (Å²) in [7, 11) is 7.48. The van der Waals surface area contributed by atoms with Gasteiger partial charge in [-0.15, -0.1) is 0 Å². The summed E-state index contributed by atoms with van der Waals surface area (Å²) in [4.78, 5) is 16.8. The molecule has 0 spiro atoms. The zero-order valence-electron chi connectivity index (χ0n) is 12.4. The maximum absolute atomic E-state index is 10.2. The van der Waals surface area contributed by atoms with Crippen LogP contribution in [0.15, 0.2) is 18.2 Å². The van der Waals surface area contributed by atoms with Crippen molar-refractivity contribution in [3.63, 3.8) is 0 Å². The minimum Gasteiger partial charge on any atom is -0.507 e. The third-order valence-electron chi connectivity index (χ3n) is 2.89. The van der Waals surface area contributed by atoms with E-state index < -0.39 is 0 Å². The van der Waals surface area contributed by atoms with E-state index in [1.165, 1.54) is 0 Å². The van der Waals surface area contributed by atoms with Gasteiger partial charge in [-0.1, -0.05) is 12.1 Å². The topological polar surface area (TPSA) is 65.4 Å². The molecule has 0 unspecified atom stereocenters. The number of aryl methyl sites for hydroxylation is 1. The minimum atomic E-state index is 0.202. The smallest absolute Gasteiger partial charge is 0.230 e. The van der Waals surface area contributed by atoms with Crippen molar-refractivity contribution in [2.75, 3.05) is 38.0 Å². The number of phenolic OH excluding ortho intramolecular Hbond substituents is 1. The molecule has 0 fully saturated rings. The largest absolute Gasteiger partial charge is 0.507 e. The minimum absolute atomic E-state index is 0.202. The van der Waals surface area contributed by atoms with Gasteiger partial charge in [0, 0.05) is 28.2 Å². The molecular weight excluding hydrogens is 254 g/mol. The van der Waals surface area contributed by atoms with Crippen LogP contribution >= 0.6 is 0 Å². The van der Waals surface area contributed by atoms with Crippen LogP contribution in [0.1, 0.15) is 5.56 Å². The van der Waals surface area contributed by atoms with Crippen molar-refractivity contribution in [1.82, 2.24) is 15.0 Å². The summed E-state index contributed by atoms with van der Waals surface area (Å²) >= 11 is 0. The van der Waals surface area contributed by atoms with E-state index in [0.29, 0.717) is 23.3 Å². The lowest BCUT2D eigenvalue weighted by molar-refractivity contribution is 0.472. The van der Waals surface area contributed by atoms with Crippen molar-refractivity contribution in [3.8, 4) is 17.1 Å². The van der Waals surface area contributed by atoms with Gasteiger partial charge in [-0.05, 0) is 18.6 Å². The van der Waals surface area contributed by atoms with Crippen LogP contribution in [0.2, 0.25) is 0 Å². The molecule has 1 aromatic carbocycles. The second kappa shape index (κ2) is 5.32. The number of nitrogens with zero attached hydrogens (tertiary/aromatic N) is 5. The molecule has 6 nitrogen and oxygen atoms in total. The van der Waals surface area contributed by atoms with E-state index in [-0.39, 0.29) is 5.75 Å². The zero-order chi connectivity index (χ0) is 14.9. The Morgan fingerprint density at radius 1 is 0.900 bits per heavy atom. The summed E-state index contributed by atoms with van der Waals surface area (Å²) < 4.78 is 0. The second-order valence-electron chi connectivity index (χ2n) is 5.02. The first-order chi connectivity index (χ1) is 9.40. The van der Waals surface area contributed by atoms with Crippen LogP contribution in [0, 0.1) is 6.92 Å². The highest BCUT2D eigenvalue weighted by Gasteiger charge is 2.14. The SMILES string of the molecule is Cc1cccc(-c2nc(N(C)C)nc(N(C)C)n2)c1O. The lowest BCUT2D eigenvalue weighted by Crippen LogP contribution is -2.19. The van der Waals surface area contributed by atoms with Crippen molar-refractivity contribution >= 4 is 11.9 Å². The summed E-state index contributed by atoms with van der Waals surface area (Å²) in [6.07, 6.45) is 0. The lowest BCUT2D eigenvalue weighted by Gasteiger charge is -2.16. The van der Waals surface area contributed by atoms with E-state index in [4.69, 9.17) is 0 Å². The number of rotatable bonds is 3. The normalized spacial score (nSPS) is 10.4. The molecule has 0 atom stereocenters. The lowest BCUT2D eigenvalue weighted by atomic mass is 10.1. The van der Waals surface area contributed by atoms with Crippen LogP contribution in [0.5, 0.6) is 5.75 Å². The molecule has 1 heterocycles. The molecule has 6 heteroatoms. The Balaban J connectivity index is 2.64. The predicted octanol–water partition coefficient (Wildman–Crippen LogP) is 1.68. The maximum atomic E-state index is 10.2. The Morgan fingerprint density at radius 3 is 1.95 bits per heavy atom. The van der Waals surface area contributed by atoms with E-state index in [1.54, 1.807) is 6.07 Å². The Kier molecular flexibility index (Phi) is 3.74. The van der Waals surface area contributed by atoms with Crippen molar-refractivity contribution in [3.05, 3.63) is 23.8 Å². The number of hydrogen-bond acceptors (Lipinski definition) is 6. The van der Waals surface area contributed by atoms with E-state index in [9.17, 15) is 5.11 Å². The van der Waals surface area contributed by atoms with Crippen molar-refractivity contribution < 1.29 is 5.11 Å². The van der Waals surface area contributed by atoms with Gasteiger partial charge in [-0.3, -0.25) is 0 Å². The number of aromatic hydroxyl groups is 1. The van der Waals surface area contributed by atoms with Gasteiger partial charge in [0.2, 0.25) is 11.9 Å². The number of anilines is 2. The fourth-order valence-electron chi connectivity index (χ4n) is 1.71. The van der Waals surface area contributed by atoms with Gasteiger partial charge in [0.05, 0.1) is 5.56 Å². The first kappa shape index (κ1) is 14.0. The predicted molar refractivity (Wildman–Crippen MR) is 80.3 cm³/mol. The molecule has 1 aromatic heterocycles. The molecule has 0 aliphatic carbocycles. The van der Waals surface area contributed by atoms with Crippen LogP contribution in [0.3, 0.4) is 0 Å². The zero-order valence-corrected chi connectivity index (χ0v) is 12.4. The Hall–Kier alpha value is -2.37. The highest BCUT2D eigenvalue weighted by atomic mass is 16.3. The third-order valence-corrected chi connectivity index (χ3v) is 2.89. The van der Waals surface area contributed by atoms with Gasteiger partial charge >= 0.3 is 0 Å². The first-order valence-corrected chi connectivity index (χ1v) is 6.30. The van der Waals surface area contributed by atoms with Crippen LogP contribution in [-0.2, 0) is 0 Å². The molecule has 0 saturated heterocycles. The molecular formula is C14H19N5O. The van der Waals surface area contributed by atoms with Crippen LogP contribution in [0.4, 0.5) is 11.9 Å². The van der Waals surface area contributed by atoms with E-state index in [2.05, 4.69) is 15.0 Å². The maximum Gasteiger partial charge on any atom is 0.230 e. The number of para-hydroxylation sites is 1. The standard InChI is InChI=1S/C14H19N5O/c1-9-7-6-8-10(11(9)20)12-15-13(18(2)3)17-14(16-12)19(4)5/h6-8,20H,1-5H3. The average Bonchev–Trinajstić information content (AvgIpc) is 2.41. The number of benzene rings is 1. The van der Waals surface area contributed by atoms with Gasteiger partial charge in [0.15, 0.2) is 5.82 Å². The Bertz CT molecular complexity index is 599. The number of aromatic nitrogens is 3. The number of phenols is 1. The quantitative estimate of drug-likeness (QED) is 0.918. The third kappa shape index (κ3) is 2.64. The molecule has 0 amide bonds. The van der Waals surface area contributed by atoms with Crippen molar-refractivity contribution in [1.29, 1.82) is 0 Å². The molecule has 1 N–H and O–H groups in total. The molecule has 106 valence electrons. The molecule has 2 aromatic rings. The highest BCUT2D eigenvalue weighted by molar-refractivity contribution is 5.67. The monoisotopic (exact) mass is 273 g/mol. The van der Waals surface area contributed by atoms with Crippen molar-refractivity contribution in [2.24, 2.45) is 0 Å². The van der Waals surface area contributed by atoms with Gasteiger partial charge in [-0.25, -0.2) is 0 Å². The fourth-order valence-corrected chi connectivity index (χ4v) is 1.71. The van der Waals surface area contributed by atoms with Crippen LogP contribution in [-0.4, -0.2) is 48.2 Å². The van der Waals surface area contributed by atoms with Gasteiger partial charge in [0.25, 0.3) is 0 Å². The fraction of sp³-hybridized carbons (Fsp3) is 0.357. The summed E-state index contributed by atoms with van der Waals surface area (Å²) in [5.74, 6) is 1.78. The molecule has 0 aliphatic heterocycles. The van der Waals surface area contributed by atoms with Crippen molar-refractivity contribution in [2.45, 2.75) is 6.92 Å². The van der Waals surface area contributed by atoms with E-state index >= 15 is 0 Å². The molecule has 2 rings (SSSR count). The number of hydrogen-bond donors (Lipinski definition) is 1. The van der Waals surface area contributed by atoms with Gasteiger partial charge < -0.3 is 14.9 Å². The Labute approximate surface area is 118 Å². The molecule has 0 radical (unpaired) electrons.